The first-order valence-electron chi connectivity index (χ1n) is 5.45. The van der Waals surface area contributed by atoms with Gasteiger partial charge >= 0.3 is 0 Å². The molecule has 0 heterocycles. The van der Waals surface area contributed by atoms with Crippen LogP contribution in [0.3, 0.4) is 0 Å². The maximum Gasteiger partial charge on any atom is 0.174 e. The van der Waals surface area contributed by atoms with Crippen LogP contribution in [-0.2, 0) is 6.54 Å². The van der Waals surface area contributed by atoms with Gasteiger partial charge in [0, 0.05) is 13.2 Å². The van der Waals surface area contributed by atoms with Crippen molar-refractivity contribution in [2.45, 2.75) is 13.0 Å². The maximum absolute atomic E-state index is 8.67. The van der Waals surface area contributed by atoms with Crippen LogP contribution >= 0.6 is 15.9 Å². The number of benzene rings is 1. The normalized spacial score (nSPS) is 10.4. The Kier molecular flexibility index (Phi) is 6.32. The van der Waals surface area contributed by atoms with Crippen LogP contribution in [0.25, 0.3) is 0 Å². The zero-order chi connectivity index (χ0) is 12.7. The maximum atomic E-state index is 8.67. The lowest BCUT2D eigenvalue weighted by atomic mass is 10.2. The highest BCUT2D eigenvalue weighted by Gasteiger charge is 2.09. The highest BCUT2D eigenvalue weighted by molar-refractivity contribution is 9.10. The molecule has 96 valence electrons. The fourth-order valence-corrected chi connectivity index (χ4v) is 2.16. The summed E-state index contributed by atoms with van der Waals surface area (Å²) in [4.78, 5) is 0. The first kappa shape index (κ1) is 14.3. The van der Waals surface area contributed by atoms with Gasteiger partial charge in [-0.2, -0.15) is 0 Å². The summed E-state index contributed by atoms with van der Waals surface area (Å²) in [5, 5.41) is 11.9. The van der Waals surface area contributed by atoms with Crippen LogP contribution in [0.2, 0.25) is 0 Å². The summed E-state index contributed by atoms with van der Waals surface area (Å²) in [6, 6.07) is 3.93. The van der Waals surface area contributed by atoms with Gasteiger partial charge in [0.05, 0.1) is 18.7 Å². The minimum atomic E-state index is 0.211. The van der Waals surface area contributed by atoms with E-state index in [2.05, 4.69) is 21.2 Å². The van der Waals surface area contributed by atoms with Crippen LogP contribution in [0.15, 0.2) is 16.6 Å². The molecule has 0 aromatic heterocycles. The topological polar surface area (TPSA) is 50.7 Å². The predicted octanol–water partition coefficient (Wildman–Crippen LogP) is 1.94. The summed E-state index contributed by atoms with van der Waals surface area (Å²) in [7, 11) is 3.23. The summed E-state index contributed by atoms with van der Waals surface area (Å²) in [6.45, 7) is 1.74. The molecule has 0 radical (unpaired) electrons. The lowest BCUT2D eigenvalue weighted by Crippen LogP contribution is -2.15. The second kappa shape index (κ2) is 7.53. The standard InChI is InChI=1S/C12H18BrNO3/c1-16-11-7-9(8-14-4-3-5-15)6-10(13)12(11)17-2/h6-7,14-15H,3-5,8H2,1-2H3. The van der Waals surface area contributed by atoms with E-state index in [-0.39, 0.29) is 6.61 Å². The average Bonchev–Trinajstić information content (AvgIpc) is 2.34. The van der Waals surface area contributed by atoms with Crippen LogP contribution in [0.1, 0.15) is 12.0 Å². The van der Waals surface area contributed by atoms with E-state index in [4.69, 9.17) is 14.6 Å². The number of hydrogen-bond acceptors (Lipinski definition) is 4. The van der Waals surface area contributed by atoms with Crippen molar-refractivity contribution in [3.8, 4) is 11.5 Å². The van der Waals surface area contributed by atoms with Gasteiger partial charge in [0.25, 0.3) is 0 Å². The van der Waals surface area contributed by atoms with Crippen molar-refractivity contribution in [1.82, 2.24) is 5.32 Å². The van der Waals surface area contributed by atoms with E-state index in [0.29, 0.717) is 11.5 Å². The molecule has 0 saturated carbocycles. The molecular formula is C12H18BrNO3. The summed E-state index contributed by atoms with van der Waals surface area (Å²) in [5.41, 5.74) is 1.10. The Morgan fingerprint density at radius 2 is 2.06 bits per heavy atom. The van der Waals surface area contributed by atoms with E-state index < -0.39 is 0 Å². The molecule has 0 atom stereocenters. The quantitative estimate of drug-likeness (QED) is 0.756. The van der Waals surface area contributed by atoms with Gasteiger partial charge in [-0.05, 0) is 46.6 Å². The molecule has 4 nitrogen and oxygen atoms in total. The third-order valence-electron chi connectivity index (χ3n) is 2.33. The lowest BCUT2D eigenvalue weighted by Gasteiger charge is -2.12. The minimum Gasteiger partial charge on any atom is -0.493 e. The minimum absolute atomic E-state index is 0.211. The van der Waals surface area contributed by atoms with E-state index in [1.165, 1.54) is 0 Å². The van der Waals surface area contributed by atoms with Gasteiger partial charge in [0.2, 0.25) is 0 Å². The SMILES string of the molecule is COc1cc(CNCCCO)cc(Br)c1OC. The van der Waals surface area contributed by atoms with Crippen LogP contribution in [-0.4, -0.2) is 32.5 Å². The van der Waals surface area contributed by atoms with Gasteiger partial charge in [-0.25, -0.2) is 0 Å². The molecule has 5 heteroatoms. The number of ether oxygens (including phenoxy) is 2. The van der Waals surface area contributed by atoms with Crippen LogP contribution < -0.4 is 14.8 Å². The van der Waals surface area contributed by atoms with E-state index in [1.54, 1.807) is 14.2 Å². The lowest BCUT2D eigenvalue weighted by molar-refractivity contribution is 0.286. The molecule has 1 rings (SSSR count). The highest BCUT2D eigenvalue weighted by Crippen LogP contribution is 2.36. The molecule has 0 bridgehead atoms. The fraction of sp³-hybridized carbons (Fsp3) is 0.500. The number of hydrogen-bond donors (Lipinski definition) is 2. The van der Waals surface area contributed by atoms with E-state index in [0.717, 1.165) is 29.5 Å². The smallest absolute Gasteiger partial charge is 0.174 e. The largest absolute Gasteiger partial charge is 0.493 e. The van der Waals surface area contributed by atoms with Crippen molar-refractivity contribution in [1.29, 1.82) is 0 Å². The Balaban J connectivity index is 2.70. The number of aliphatic hydroxyl groups excluding tert-OH is 1. The Morgan fingerprint density at radius 1 is 1.29 bits per heavy atom. The number of methoxy groups -OCH3 is 2. The zero-order valence-electron chi connectivity index (χ0n) is 10.1. The molecule has 0 aliphatic heterocycles. The average molecular weight is 304 g/mol. The molecule has 0 aliphatic carbocycles. The van der Waals surface area contributed by atoms with E-state index in [1.807, 2.05) is 12.1 Å². The molecule has 1 aromatic rings. The molecule has 0 fully saturated rings. The van der Waals surface area contributed by atoms with Gasteiger partial charge in [0.15, 0.2) is 11.5 Å². The van der Waals surface area contributed by atoms with E-state index >= 15 is 0 Å². The molecule has 2 N–H and O–H groups in total. The molecule has 0 spiro atoms. The molecule has 0 unspecified atom stereocenters. The Hall–Kier alpha value is -0.780. The summed E-state index contributed by atoms with van der Waals surface area (Å²) >= 11 is 3.45. The van der Waals surface area contributed by atoms with Gasteiger partial charge < -0.3 is 19.9 Å². The van der Waals surface area contributed by atoms with Crippen LogP contribution in [0, 0.1) is 0 Å². The molecular weight excluding hydrogens is 286 g/mol. The number of halogens is 1. The second-order valence-electron chi connectivity index (χ2n) is 3.57. The molecule has 0 aliphatic rings. The van der Waals surface area contributed by atoms with E-state index in [9.17, 15) is 0 Å². The second-order valence-corrected chi connectivity index (χ2v) is 4.42. The molecule has 0 amide bonds. The molecule has 0 saturated heterocycles. The van der Waals surface area contributed by atoms with Gasteiger partial charge in [-0.1, -0.05) is 0 Å². The fourth-order valence-electron chi connectivity index (χ4n) is 1.51. The monoisotopic (exact) mass is 303 g/mol. The van der Waals surface area contributed by atoms with Crippen molar-refractivity contribution >= 4 is 15.9 Å². The first-order valence-corrected chi connectivity index (χ1v) is 6.24. The van der Waals surface area contributed by atoms with Crippen molar-refractivity contribution in [2.24, 2.45) is 0 Å². The van der Waals surface area contributed by atoms with Crippen molar-refractivity contribution < 1.29 is 14.6 Å². The Labute approximate surface area is 110 Å². The van der Waals surface area contributed by atoms with Crippen molar-refractivity contribution in [3.63, 3.8) is 0 Å². The van der Waals surface area contributed by atoms with Gasteiger partial charge in [0.1, 0.15) is 0 Å². The Bertz CT molecular complexity index is 358. The van der Waals surface area contributed by atoms with Crippen LogP contribution in [0.4, 0.5) is 0 Å². The summed E-state index contributed by atoms with van der Waals surface area (Å²) in [5.74, 6) is 1.41. The molecule has 1 aromatic carbocycles. The predicted molar refractivity (Wildman–Crippen MR) is 70.7 cm³/mol. The van der Waals surface area contributed by atoms with Gasteiger partial charge in [-0.15, -0.1) is 0 Å². The zero-order valence-corrected chi connectivity index (χ0v) is 11.7. The first-order chi connectivity index (χ1) is 8.22. The highest BCUT2D eigenvalue weighted by atomic mass is 79.9. The third-order valence-corrected chi connectivity index (χ3v) is 2.92. The number of rotatable bonds is 7. The van der Waals surface area contributed by atoms with Crippen LogP contribution in [0.5, 0.6) is 11.5 Å². The Morgan fingerprint density at radius 3 is 2.65 bits per heavy atom. The van der Waals surface area contributed by atoms with Gasteiger partial charge in [-0.3, -0.25) is 0 Å². The third kappa shape index (κ3) is 4.18. The number of aliphatic hydroxyl groups is 1. The summed E-state index contributed by atoms with van der Waals surface area (Å²) in [6.07, 6.45) is 0.758. The molecule has 17 heavy (non-hydrogen) atoms. The summed E-state index contributed by atoms with van der Waals surface area (Å²) < 4.78 is 11.4. The van der Waals surface area contributed by atoms with Crippen molar-refractivity contribution in [3.05, 3.63) is 22.2 Å². The van der Waals surface area contributed by atoms with Crippen molar-refractivity contribution in [2.75, 3.05) is 27.4 Å². The number of nitrogens with one attached hydrogen (secondary N) is 1.